The molecule has 1 aliphatic heterocycles. The Morgan fingerprint density at radius 2 is 1.88 bits per heavy atom. The molecule has 1 aromatic heterocycles. The summed E-state index contributed by atoms with van der Waals surface area (Å²) in [6.07, 6.45) is 6.54. The first-order chi connectivity index (χ1) is 16.5. The van der Waals surface area contributed by atoms with E-state index >= 15 is 0 Å². The summed E-state index contributed by atoms with van der Waals surface area (Å²) in [7, 11) is -3.74. The van der Waals surface area contributed by atoms with Gasteiger partial charge in [-0.05, 0) is 61.4 Å². The first kappa shape index (κ1) is 23.0. The minimum absolute atomic E-state index is 0.134. The van der Waals surface area contributed by atoms with Crippen molar-refractivity contribution in [1.82, 2.24) is 9.29 Å². The first-order valence-electron chi connectivity index (χ1n) is 11.6. The zero-order valence-electron chi connectivity index (χ0n) is 18.9. The van der Waals surface area contributed by atoms with Gasteiger partial charge in [0.15, 0.2) is 5.13 Å². The molecule has 0 unspecified atom stereocenters. The highest BCUT2D eigenvalue weighted by Gasteiger charge is 2.30. The van der Waals surface area contributed by atoms with E-state index in [0.717, 1.165) is 36.9 Å². The molecular formula is C26H27N3O3S2. The zero-order chi connectivity index (χ0) is 23.7. The van der Waals surface area contributed by atoms with Crippen LogP contribution in [0.2, 0.25) is 0 Å². The monoisotopic (exact) mass is 493 g/mol. The molecule has 0 atom stereocenters. The largest absolute Gasteiger partial charge is 0.280 e. The van der Waals surface area contributed by atoms with Gasteiger partial charge in [-0.2, -0.15) is 4.31 Å². The Kier molecular flexibility index (Phi) is 6.38. The number of hydrogen-bond acceptors (Lipinski definition) is 5. The third kappa shape index (κ3) is 4.33. The number of nitrogens with zero attached hydrogens (tertiary/aromatic N) is 3. The molecule has 1 amide bonds. The molecule has 34 heavy (non-hydrogen) atoms. The number of rotatable bonds is 6. The van der Waals surface area contributed by atoms with E-state index in [2.05, 4.69) is 6.58 Å². The van der Waals surface area contributed by atoms with Crippen LogP contribution in [0.15, 0.2) is 66.1 Å². The normalized spacial score (nSPS) is 15.9. The standard InChI is InChI=1S/C26H27N3O3S2/c1-2-15-29(26-27-23-12-5-6-13-24(23)33-26)25(30)20-10-7-11-22(17-20)34(31,32)28-16-14-19-8-3-4-9-21(19)18-28/h2-4,7-11,17H,1,5-6,12-16,18H2. The van der Waals surface area contributed by atoms with Crippen LogP contribution in [0.25, 0.3) is 0 Å². The van der Waals surface area contributed by atoms with Gasteiger partial charge in [0.2, 0.25) is 10.0 Å². The van der Waals surface area contributed by atoms with Crippen molar-refractivity contribution < 1.29 is 13.2 Å². The van der Waals surface area contributed by atoms with Crippen molar-refractivity contribution in [2.45, 2.75) is 43.5 Å². The average molecular weight is 494 g/mol. The average Bonchev–Trinajstić information content (AvgIpc) is 3.30. The van der Waals surface area contributed by atoms with Crippen molar-refractivity contribution in [1.29, 1.82) is 0 Å². The molecule has 6 nitrogen and oxygen atoms in total. The fourth-order valence-corrected chi connectivity index (χ4v) is 7.22. The number of carbonyl (C=O) groups excluding carboxylic acids is 1. The third-order valence-electron chi connectivity index (χ3n) is 6.44. The fourth-order valence-electron chi connectivity index (χ4n) is 4.60. The second-order valence-electron chi connectivity index (χ2n) is 8.66. The van der Waals surface area contributed by atoms with Crippen LogP contribution in [0, 0.1) is 0 Å². The van der Waals surface area contributed by atoms with Crippen LogP contribution in [0.4, 0.5) is 5.13 Å². The van der Waals surface area contributed by atoms with E-state index in [1.165, 1.54) is 20.8 Å². The summed E-state index contributed by atoms with van der Waals surface area (Å²) in [6, 6.07) is 14.3. The zero-order valence-corrected chi connectivity index (χ0v) is 20.6. The Bertz CT molecular complexity index is 1320. The maximum Gasteiger partial charge on any atom is 0.260 e. The highest BCUT2D eigenvalue weighted by Crippen LogP contribution is 2.33. The lowest BCUT2D eigenvalue weighted by atomic mass is 10.0. The van der Waals surface area contributed by atoms with Gasteiger partial charge in [-0.1, -0.05) is 36.4 Å². The molecule has 5 rings (SSSR count). The van der Waals surface area contributed by atoms with Gasteiger partial charge in [0.1, 0.15) is 0 Å². The third-order valence-corrected chi connectivity index (χ3v) is 9.46. The van der Waals surface area contributed by atoms with Gasteiger partial charge in [-0.25, -0.2) is 13.4 Å². The van der Waals surface area contributed by atoms with Gasteiger partial charge >= 0.3 is 0 Å². The van der Waals surface area contributed by atoms with Crippen molar-refractivity contribution in [3.05, 3.63) is 88.4 Å². The molecule has 0 saturated heterocycles. The minimum atomic E-state index is -3.74. The molecule has 0 saturated carbocycles. The molecule has 0 N–H and O–H groups in total. The van der Waals surface area contributed by atoms with E-state index in [-0.39, 0.29) is 10.8 Å². The van der Waals surface area contributed by atoms with Crippen LogP contribution in [0.3, 0.4) is 0 Å². The summed E-state index contributed by atoms with van der Waals surface area (Å²) in [6.45, 7) is 4.87. The predicted octanol–water partition coefficient (Wildman–Crippen LogP) is 4.60. The van der Waals surface area contributed by atoms with Crippen molar-refractivity contribution in [2.75, 3.05) is 18.0 Å². The number of aryl methyl sites for hydroxylation is 2. The van der Waals surface area contributed by atoms with Crippen molar-refractivity contribution in [2.24, 2.45) is 0 Å². The van der Waals surface area contributed by atoms with Crippen LogP contribution < -0.4 is 4.90 Å². The molecule has 2 aromatic carbocycles. The molecule has 0 bridgehead atoms. The number of carbonyl (C=O) groups is 1. The van der Waals surface area contributed by atoms with Crippen LogP contribution >= 0.6 is 11.3 Å². The molecule has 0 spiro atoms. The SMILES string of the molecule is C=CCN(C(=O)c1cccc(S(=O)(=O)N2CCc3ccccc3C2)c1)c1nc2c(s1)CCCC2. The lowest BCUT2D eigenvalue weighted by Gasteiger charge is -2.28. The Labute approximate surface area is 204 Å². The Balaban J connectivity index is 1.43. The molecule has 0 fully saturated rings. The molecule has 176 valence electrons. The summed E-state index contributed by atoms with van der Waals surface area (Å²) in [5, 5.41) is 0.651. The molecular weight excluding hydrogens is 466 g/mol. The van der Waals surface area contributed by atoms with Gasteiger partial charge in [-0.3, -0.25) is 9.69 Å². The lowest BCUT2D eigenvalue weighted by Crippen LogP contribution is -2.36. The highest BCUT2D eigenvalue weighted by atomic mass is 32.2. The van der Waals surface area contributed by atoms with Crippen LogP contribution in [0.1, 0.15) is 44.9 Å². The van der Waals surface area contributed by atoms with Gasteiger partial charge in [0.25, 0.3) is 5.91 Å². The Morgan fingerprint density at radius 3 is 2.68 bits per heavy atom. The molecule has 2 heterocycles. The van der Waals surface area contributed by atoms with E-state index in [1.807, 2.05) is 24.3 Å². The van der Waals surface area contributed by atoms with Gasteiger partial charge in [0, 0.05) is 30.1 Å². The van der Waals surface area contributed by atoms with Crippen LogP contribution in [-0.2, 0) is 35.8 Å². The number of thiazole rings is 1. The molecule has 2 aliphatic rings. The minimum Gasteiger partial charge on any atom is -0.280 e. The number of anilines is 1. The summed E-state index contributed by atoms with van der Waals surface area (Å²) < 4.78 is 28.4. The van der Waals surface area contributed by atoms with Crippen molar-refractivity contribution in [3.63, 3.8) is 0 Å². The smallest absolute Gasteiger partial charge is 0.260 e. The van der Waals surface area contributed by atoms with E-state index in [0.29, 0.717) is 36.8 Å². The quantitative estimate of drug-likeness (QED) is 0.471. The summed E-state index contributed by atoms with van der Waals surface area (Å²) in [4.78, 5) is 21.2. The number of sulfonamides is 1. The van der Waals surface area contributed by atoms with Crippen LogP contribution in [0.5, 0.6) is 0 Å². The number of hydrogen-bond donors (Lipinski definition) is 0. The summed E-state index contributed by atoms with van der Waals surface area (Å²) >= 11 is 1.55. The van der Waals surface area contributed by atoms with Gasteiger partial charge in [0.05, 0.1) is 10.6 Å². The van der Waals surface area contributed by atoms with Gasteiger partial charge < -0.3 is 0 Å². The number of amides is 1. The fraction of sp³-hybridized carbons (Fsp3) is 0.308. The first-order valence-corrected chi connectivity index (χ1v) is 13.8. The number of aromatic nitrogens is 1. The maximum atomic E-state index is 13.5. The Hall–Kier alpha value is -2.81. The predicted molar refractivity (Wildman–Crippen MR) is 135 cm³/mol. The van der Waals surface area contributed by atoms with E-state index < -0.39 is 10.0 Å². The Morgan fingerprint density at radius 1 is 1.09 bits per heavy atom. The van der Waals surface area contributed by atoms with E-state index in [9.17, 15) is 13.2 Å². The highest BCUT2D eigenvalue weighted by molar-refractivity contribution is 7.89. The maximum absolute atomic E-state index is 13.5. The van der Waals surface area contributed by atoms with Crippen molar-refractivity contribution in [3.8, 4) is 0 Å². The second-order valence-corrected chi connectivity index (χ2v) is 11.7. The number of benzene rings is 2. The lowest BCUT2D eigenvalue weighted by molar-refractivity contribution is 0.0989. The second kappa shape index (κ2) is 9.44. The summed E-state index contributed by atoms with van der Waals surface area (Å²) in [5.74, 6) is -0.271. The molecule has 1 aliphatic carbocycles. The molecule has 8 heteroatoms. The molecule has 0 radical (unpaired) electrons. The van der Waals surface area contributed by atoms with Crippen LogP contribution in [-0.4, -0.2) is 36.7 Å². The van der Waals surface area contributed by atoms with E-state index in [4.69, 9.17) is 4.98 Å². The van der Waals surface area contributed by atoms with Gasteiger partial charge in [-0.15, -0.1) is 17.9 Å². The topological polar surface area (TPSA) is 70.6 Å². The number of fused-ring (bicyclic) bond motifs is 2. The summed E-state index contributed by atoms with van der Waals surface area (Å²) in [5.41, 5.74) is 3.61. The van der Waals surface area contributed by atoms with Crippen molar-refractivity contribution >= 4 is 32.4 Å². The van der Waals surface area contributed by atoms with E-state index in [1.54, 1.807) is 40.5 Å². The molecule has 3 aromatic rings.